The van der Waals surface area contributed by atoms with Crippen LogP contribution in [-0.4, -0.2) is 35.2 Å². The first-order valence-corrected chi connectivity index (χ1v) is 13.0. The number of anilines is 2. The number of rotatable bonds is 5. The maximum Gasteiger partial charge on any atom is 0.291 e. The van der Waals surface area contributed by atoms with Crippen molar-refractivity contribution in [3.63, 3.8) is 0 Å². The van der Waals surface area contributed by atoms with Crippen LogP contribution in [0.25, 0.3) is 0 Å². The monoisotopic (exact) mass is 495 g/mol. The molecule has 5 fully saturated rings. The molecular formula is C27H30ClN3O4. The molecule has 1 saturated heterocycles. The number of hydrogen-bond donors (Lipinski definition) is 2. The first-order chi connectivity index (χ1) is 16.9. The quantitative estimate of drug-likeness (QED) is 0.586. The molecule has 4 saturated carbocycles. The van der Waals surface area contributed by atoms with E-state index in [9.17, 15) is 14.4 Å². The van der Waals surface area contributed by atoms with Gasteiger partial charge in [-0.1, -0.05) is 11.6 Å². The first-order valence-electron chi connectivity index (χ1n) is 12.7. The molecule has 0 spiro atoms. The van der Waals surface area contributed by atoms with Crippen LogP contribution in [0.1, 0.15) is 61.9 Å². The highest BCUT2D eigenvalue weighted by Gasteiger charge is 2.56. The fraction of sp³-hybridized carbons (Fsp3) is 0.519. The van der Waals surface area contributed by atoms with Gasteiger partial charge in [0.05, 0.1) is 22.4 Å². The Labute approximate surface area is 209 Å². The minimum absolute atomic E-state index is 0.177. The van der Waals surface area contributed by atoms with E-state index in [0.29, 0.717) is 47.1 Å². The summed E-state index contributed by atoms with van der Waals surface area (Å²) in [7, 11) is 0. The number of amides is 3. The van der Waals surface area contributed by atoms with Gasteiger partial charge in [0.15, 0.2) is 5.76 Å². The second-order valence-corrected chi connectivity index (χ2v) is 11.4. The Morgan fingerprint density at radius 1 is 1.00 bits per heavy atom. The Bertz CT molecular complexity index is 1130. The summed E-state index contributed by atoms with van der Waals surface area (Å²) in [5.74, 6) is 1.88. The molecule has 2 N–H and O–H groups in total. The summed E-state index contributed by atoms with van der Waals surface area (Å²) in [5.41, 5.74) is 0.713. The highest BCUT2D eigenvalue weighted by atomic mass is 35.5. The number of hydrogen-bond acceptors (Lipinski definition) is 4. The van der Waals surface area contributed by atoms with Crippen LogP contribution in [0, 0.1) is 23.2 Å². The van der Waals surface area contributed by atoms with Gasteiger partial charge < -0.3 is 20.0 Å². The summed E-state index contributed by atoms with van der Waals surface area (Å²) < 4.78 is 5.10. The number of nitrogens with one attached hydrogen (secondary N) is 2. The maximum absolute atomic E-state index is 13.8. The van der Waals surface area contributed by atoms with Crippen LogP contribution in [0.3, 0.4) is 0 Å². The molecule has 1 aromatic carbocycles. The molecule has 7 rings (SSSR count). The van der Waals surface area contributed by atoms with Crippen molar-refractivity contribution in [1.29, 1.82) is 0 Å². The van der Waals surface area contributed by atoms with E-state index in [4.69, 9.17) is 16.0 Å². The van der Waals surface area contributed by atoms with Gasteiger partial charge in [-0.2, -0.15) is 0 Å². The molecule has 1 unspecified atom stereocenters. The van der Waals surface area contributed by atoms with Gasteiger partial charge in [-0.15, -0.1) is 0 Å². The largest absolute Gasteiger partial charge is 0.459 e. The molecule has 1 aromatic heterocycles. The lowest BCUT2D eigenvalue weighted by Crippen LogP contribution is -2.56. The third kappa shape index (κ3) is 4.14. The number of nitrogens with zero attached hydrogens (tertiary/aromatic N) is 1. The Morgan fingerprint density at radius 3 is 2.34 bits per heavy atom. The number of carbonyl (C=O) groups excluding carboxylic acids is 3. The zero-order chi connectivity index (χ0) is 24.2. The summed E-state index contributed by atoms with van der Waals surface area (Å²) in [4.78, 5) is 41.2. The molecule has 7 nitrogen and oxygen atoms in total. The molecule has 3 amide bonds. The van der Waals surface area contributed by atoms with Gasteiger partial charge in [0.1, 0.15) is 6.04 Å². The molecule has 8 heteroatoms. The van der Waals surface area contributed by atoms with Gasteiger partial charge >= 0.3 is 0 Å². The fourth-order valence-electron chi connectivity index (χ4n) is 7.47. The van der Waals surface area contributed by atoms with Crippen LogP contribution in [0.2, 0.25) is 5.02 Å². The van der Waals surface area contributed by atoms with E-state index < -0.39 is 11.9 Å². The van der Waals surface area contributed by atoms with Crippen LogP contribution in [0.15, 0.2) is 41.0 Å². The number of carbonyl (C=O) groups is 3. The molecule has 4 bridgehead atoms. The van der Waals surface area contributed by atoms with Crippen LogP contribution < -0.4 is 10.6 Å². The lowest BCUT2D eigenvalue weighted by atomic mass is 9.49. The molecule has 5 aliphatic rings. The molecule has 184 valence electrons. The number of halogens is 1. The topological polar surface area (TPSA) is 91.7 Å². The van der Waals surface area contributed by atoms with Gasteiger partial charge in [-0.3, -0.25) is 14.4 Å². The van der Waals surface area contributed by atoms with Gasteiger partial charge in [0.2, 0.25) is 11.8 Å². The molecule has 4 aliphatic carbocycles. The Balaban J connectivity index is 1.13. The zero-order valence-electron chi connectivity index (χ0n) is 19.6. The minimum Gasteiger partial charge on any atom is -0.459 e. The molecule has 2 heterocycles. The third-order valence-corrected chi connectivity index (χ3v) is 8.85. The van der Waals surface area contributed by atoms with Gasteiger partial charge in [0, 0.05) is 12.2 Å². The van der Waals surface area contributed by atoms with Crippen molar-refractivity contribution < 1.29 is 18.8 Å². The predicted octanol–water partition coefficient (Wildman–Crippen LogP) is 5.33. The summed E-state index contributed by atoms with van der Waals surface area (Å²) in [5, 5.41) is 5.95. The third-order valence-electron chi connectivity index (χ3n) is 8.54. The Hall–Kier alpha value is -2.80. The normalized spacial score (nSPS) is 30.9. The predicted molar refractivity (Wildman–Crippen MR) is 132 cm³/mol. The van der Waals surface area contributed by atoms with Crippen molar-refractivity contribution in [2.24, 2.45) is 23.2 Å². The summed E-state index contributed by atoms with van der Waals surface area (Å²) >= 11 is 6.37. The number of benzene rings is 1. The second kappa shape index (κ2) is 8.70. The van der Waals surface area contributed by atoms with E-state index in [1.165, 1.54) is 25.5 Å². The summed E-state index contributed by atoms with van der Waals surface area (Å²) in [6.45, 7) is 0.650. The van der Waals surface area contributed by atoms with E-state index >= 15 is 0 Å². The Kier molecular flexibility index (Phi) is 5.63. The second-order valence-electron chi connectivity index (χ2n) is 11.0. The molecule has 2 aromatic rings. The lowest BCUT2D eigenvalue weighted by molar-refractivity contribution is -0.160. The smallest absolute Gasteiger partial charge is 0.291 e. The van der Waals surface area contributed by atoms with Crippen molar-refractivity contribution >= 4 is 40.7 Å². The number of furan rings is 1. The molecule has 1 aliphatic heterocycles. The van der Waals surface area contributed by atoms with E-state index in [2.05, 4.69) is 10.6 Å². The summed E-state index contributed by atoms with van der Waals surface area (Å²) in [6.07, 6.45) is 9.81. The van der Waals surface area contributed by atoms with Crippen LogP contribution in [0.4, 0.5) is 11.4 Å². The van der Waals surface area contributed by atoms with Crippen LogP contribution >= 0.6 is 11.6 Å². The van der Waals surface area contributed by atoms with Crippen molar-refractivity contribution in [2.45, 2.75) is 57.4 Å². The highest BCUT2D eigenvalue weighted by Crippen LogP contribution is 2.60. The highest BCUT2D eigenvalue weighted by molar-refractivity contribution is 6.34. The average Bonchev–Trinajstić information content (AvgIpc) is 3.52. The maximum atomic E-state index is 13.8. The lowest BCUT2D eigenvalue weighted by Gasteiger charge is -2.56. The van der Waals surface area contributed by atoms with E-state index in [1.54, 1.807) is 30.3 Å². The van der Waals surface area contributed by atoms with Crippen LogP contribution in [0.5, 0.6) is 0 Å². The Morgan fingerprint density at radius 2 is 1.71 bits per heavy atom. The minimum atomic E-state index is -0.451. The SMILES string of the molecule is O=C(Nc1ccc(NC(=O)C2CCCN2C(=O)C23CC4CC(CC(C4)C2)C3)cc1Cl)c1ccco1. The number of likely N-dealkylation sites (tertiary alicyclic amines) is 1. The standard InChI is InChI=1S/C27H30ClN3O4/c28-20-12-19(5-6-21(20)30-25(33)23-4-2-8-35-23)29-24(32)22-3-1-7-31(22)26(34)27-13-16-9-17(14-27)11-18(10-16)15-27/h2,4-6,8,12,16-18,22H,1,3,7,9-11,13-15H2,(H,29,32)(H,30,33). The van der Waals surface area contributed by atoms with Gasteiger partial charge in [0.25, 0.3) is 5.91 Å². The van der Waals surface area contributed by atoms with Crippen molar-refractivity contribution in [3.05, 3.63) is 47.4 Å². The van der Waals surface area contributed by atoms with Gasteiger partial charge in [-0.05, 0) is 99.5 Å². The van der Waals surface area contributed by atoms with Crippen molar-refractivity contribution in [2.75, 3.05) is 17.2 Å². The van der Waals surface area contributed by atoms with Crippen molar-refractivity contribution in [1.82, 2.24) is 4.90 Å². The zero-order valence-corrected chi connectivity index (χ0v) is 20.4. The van der Waals surface area contributed by atoms with Gasteiger partial charge in [-0.25, -0.2) is 0 Å². The van der Waals surface area contributed by atoms with E-state index in [0.717, 1.165) is 25.7 Å². The average molecular weight is 496 g/mol. The molecule has 0 radical (unpaired) electrons. The molecule has 35 heavy (non-hydrogen) atoms. The van der Waals surface area contributed by atoms with Crippen molar-refractivity contribution in [3.8, 4) is 0 Å². The first kappa shape index (κ1) is 22.7. The molecule has 1 atom stereocenters. The van der Waals surface area contributed by atoms with E-state index in [-0.39, 0.29) is 23.0 Å². The summed E-state index contributed by atoms with van der Waals surface area (Å²) in [6, 6.07) is 7.70. The molecular weight excluding hydrogens is 466 g/mol. The van der Waals surface area contributed by atoms with E-state index in [1.807, 2.05) is 4.90 Å². The fourth-order valence-corrected chi connectivity index (χ4v) is 7.70. The van der Waals surface area contributed by atoms with Crippen LogP contribution in [-0.2, 0) is 9.59 Å².